The van der Waals surface area contributed by atoms with E-state index in [4.69, 9.17) is 0 Å². The van der Waals surface area contributed by atoms with E-state index in [1.165, 1.54) is 11.6 Å². The molecule has 10 heteroatoms. The molecule has 0 saturated heterocycles. The van der Waals surface area contributed by atoms with Gasteiger partial charge in [-0.15, -0.1) is 11.3 Å². The van der Waals surface area contributed by atoms with Crippen LogP contribution in [0.15, 0.2) is 60.7 Å². The fourth-order valence-corrected chi connectivity index (χ4v) is 4.28. The molecule has 0 fully saturated rings. The molecule has 3 aromatic carbocycles. The van der Waals surface area contributed by atoms with E-state index < -0.39 is 27.1 Å². The van der Waals surface area contributed by atoms with Crippen molar-refractivity contribution in [2.45, 2.75) is 13.3 Å². The second-order valence-electron chi connectivity index (χ2n) is 7.12. The van der Waals surface area contributed by atoms with Gasteiger partial charge in [-0.3, -0.25) is 25.0 Å². The third-order valence-corrected chi connectivity index (χ3v) is 5.85. The zero-order chi connectivity index (χ0) is 22.8. The summed E-state index contributed by atoms with van der Waals surface area (Å²) in [5.74, 6) is -0.467. The van der Waals surface area contributed by atoms with Crippen molar-refractivity contribution in [2.24, 2.45) is 0 Å². The number of rotatable bonds is 6. The molecular formula is C22H16N4O5S. The van der Waals surface area contributed by atoms with Crippen LogP contribution < -0.4 is 5.32 Å². The monoisotopic (exact) mass is 448 g/mol. The molecule has 4 rings (SSSR count). The van der Waals surface area contributed by atoms with Crippen LogP contribution in [-0.4, -0.2) is 20.7 Å². The van der Waals surface area contributed by atoms with Crippen LogP contribution in [0.25, 0.3) is 20.8 Å². The van der Waals surface area contributed by atoms with E-state index in [1.54, 1.807) is 23.5 Å². The minimum atomic E-state index is -0.732. The third kappa shape index (κ3) is 4.44. The first-order chi connectivity index (χ1) is 15.3. The Bertz CT molecular complexity index is 1360. The number of carbonyl (C=O) groups excluding carboxylic acids is 1. The molecule has 1 aromatic heterocycles. The van der Waals surface area contributed by atoms with Gasteiger partial charge in [0.05, 0.1) is 32.6 Å². The maximum absolute atomic E-state index is 12.4. The number of thiazole rings is 1. The molecule has 0 aliphatic rings. The number of nitrogens with one attached hydrogen (secondary N) is 1. The van der Waals surface area contributed by atoms with Gasteiger partial charge in [0.2, 0.25) is 5.91 Å². The van der Waals surface area contributed by atoms with Crippen LogP contribution >= 0.6 is 11.3 Å². The number of amides is 1. The number of hydrogen-bond donors (Lipinski definition) is 1. The second-order valence-corrected chi connectivity index (χ2v) is 8.15. The summed E-state index contributed by atoms with van der Waals surface area (Å²) >= 11 is 1.58. The lowest BCUT2D eigenvalue weighted by atomic mass is 10.1. The van der Waals surface area contributed by atoms with E-state index in [2.05, 4.69) is 16.4 Å². The van der Waals surface area contributed by atoms with Gasteiger partial charge < -0.3 is 5.32 Å². The third-order valence-electron chi connectivity index (χ3n) is 4.79. The molecule has 0 radical (unpaired) electrons. The van der Waals surface area contributed by atoms with Gasteiger partial charge in [0.15, 0.2) is 0 Å². The largest absolute Gasteiger partial charge is 0.326 e. The number of aromatic nitrogens is 1. The molecule has 1 heterocycles. The summed E-state index contributed by atoms with van der Waals surface area (Å²) in [7, 11) is 0. The molecule has 0 aliphatic heterocycles. The first-order valence-electron chi connectivity index (χ1n) is 9.49. The van der Waals surface area contributed by atoms with Crippen molar-refractivity contribution in [3.05, 3.63) is 92.0 Å². The van der Waals surface area contributed by atoms with Crippen molar-refractivity contribution in [1.29, 1.82) is 0 Å². The number of nitro groups is 2. The Balaban J connectivity index is 1.48. The van der Waals surface area contributed by atoms with Crippen molar-refractivity contribution < 1.29 is 14.6 Å². The van der Waals surface area contributed by atoms with Crippen molar-refractivity contribution in [2.75, 3.05) is 5.32 Å². The standard InChI is InChI=1S/C22H16N4O5S/c1-13-2-9-18-20(10-13)32-22(24-18)14-3-6-16(7-4-14)23-21(27)11-15-5-8-17(25(28)29)12-19(15)26(30)31/h2-10,12H,11H2,1H3,(H,23,27). The SMILES string of the molecule is Cc1ccc2nc(-c3ccc(NC(=O)Cc4ccc([N+](=O)[O-])cc4[N+](=O)[O-])cc3)sc2c1. The Labute approximate surface area is 185 Å². The molecule has 9 nitrogen and oxygen atoms in total. The molecule has 1 N–H and O–H groups in total. The highest BCUT2D eigenvalue weighted by atomic mass is 32.1. The molecule has 1 amide bonds. The Hall–Kier alpha value is -4.18. The van der Waals surface area contributed by atoms with Gasteiger partial charge in [0, 0.05) is 22.9 Å². The topological polar surface area (TPSA) is 128 Å². The van der Waals surface area contributed by atoms with Gasteiger partial charge >= 0.3 is 0 Å². The summed E-state index contributed by atoms with van der Waals surface area (Å²) in [4.78, 5) is 37.7. The van der Waals surface area contributed by atoms with E-state index in [-0.39, 0.29) is 12.0 Å². The van der Waals surface area contributed by atoms with Crippen molar-refractivity contribution >= 4 is 44.5 Å². The number of anilines is 1. The molecule has 0 unspecified atom stereocenters. The highest BCUT2D eigenvalue weighted by Crippen LogP contribution is 2.31. The van der Waals surface area contributed by atoms with Crippen molar-refractivity contribution in [3.8, 4) is 10.6 Å². The van der Waals surface area contributed by atoms with Crippen LogP contribution in [0.4, 0.5) is 17.1 Å². The number of nitrogens with zero attached hydrogens (tertiary/aromatic N) is 3. The first-order valence-corrected chi connectivity index (χ1v) is 10.3. The number of nitro benzene ring substituents is 2. The zero-order valence-corrected chi connectivity index (χ0v) is 17.6. The Morgan fingerprint density at radius 3 is 2.44 bits per heavy atom. The van der Waals surface area contributed by atoms with E-state index in [0.717, 1.165) is 32.9 Å². The van der Waals surface area contributed by atoms with E-state index in [9.17, 15) is 25.0 Å². The van der Waals surface area contributed by atoms with Gasteiger partial charge in [-0.2, -0.15) is 0 Å². The molecule has 4 aromatic rings. The van der Waals surface area contributed by atoms with Crippen molar-refractivity contribution in [1.82, 2.24) is 4.98 Å². The van der Waals surface area contributed by atoms with E-state index in [1.807, 2.05) is 31.2 Å². The minimum absolute atomic E-state index is 0.0967. The molecule has 0 saturated carbocycles. The second kappa shape index (κ2) is 8.52. The summed E-state index contributed by atoms with van der Waals surface area (Å²) < 4.78 is 1.10. The highest BCUT2D eigenvalue weighted by Gasteiger charge is 2.21. The first kappa shape index (κ1) is 21.1. The summed E-state index contributed by atoms with van der Waals surface area (Å²) in [5.41, 5.74) is 2.77. The fourth-order valence-electron chi connectivity index (χ4n) is 3.21. The lowest BCUT2D eigenvalue weighted by molar-refractivity contribution is -0.394. The van der Waals surface area contributed by atoms with Gasteiger partial charge in [0.1, 0.15) is 5.01 Å². The summed E-state index contributed by atoms with van der Waals surface area (Å²) in [6.45, 7) is 2.03. The van der Waals surface area contributed by atoms with E-state index >= 15 is 0 Å². The Kier molecular flexibility index (Phi) is 5.61. The van der Waals surface area contributed by atoms with Crippen LogP contribution in [0.5, 0.6) is 0 Å². The van der Waals surface area contributed by atoms with Gasteiger partial charge in [0.25, 0.3) is 11.4 Å². The molecule has 0 aliphatic carbocycles. The predicted molar refractivity (Wildman–Crippen MR) is 122 cm³/mol. The van der Waals surface area contributed by atoms with Crippen LogP contribution in [0, 0.1) is 27.2 Å². The van der Waals surface area contributed by atoms with Crippen LogP contribution in [-0.2, 0) is 11.2 Å². The lowest BCUT2D eigenvalue weighted by Gasteiger charge is -2.07. The zero-order valence-electron chi connectivity index (χ0n) is 16.8. The van der Waals surface area contributed by atoms with Gasteiger partial charge in [-0.1, -0.05) is 6.07 Å². The van der Waals surface area contributed by atoms with Crippen LogP contribution in [0.2, 0.25) is 0 Å². The number of carbonyl (C=O) groups is 1. The Morgan fingerprint density at radius 1 is 1.00 bits per heavy atom. The Morgan fingerprint density at radius 2 is 1.75 bits per heavy atom. The van der Waals surface area contributed by atoms with Crippen molar-refractivity contribution in [3.63, 3.8) is 0 Å². The molecule has 160 valence electrons. The van der Waals surface area contributed by atoms with E-state index in [0.29, 0.717) is 5.69 Å². The number of aryl methyl sites for hydroxylation is 1. The van der Waals surface area contributed by atoms with Crippen LogP contribution in [0.1, 0.15) is 11.1 Å². The minimum Gasteiger partial charge on any atom is -0.326 e. The lowest BCUT2D eigenvalue weighted by Crippen LogP contribution is -2.15. The molecule has 32 heavy (non-hydrogen) atoms. The number of fused-ring (bicyclic) bond motifs is 1. The summed E-state index contributed by atoms with van der Waals surface area (Å²) in [6, 6.07) is 16.5. The van der Waals surface area contributed by atoms with Crippen LogP contribution in [0.3, 0.4) is 0 Å². The number of hydrogen-bond acceptors (Lipinski definition) is 7. The molecule has 0 bridgehead atoms. The normalized spacial score (nSPS) is 10.8. The van der Waals surface area contributed by atoms with Gasteiger partial charge in [-0.05, 0) is 55.0 Å². The molecular weight excluding hydrogens is 432 g/mol. The average molecular weight is 448 g/mol. The fraction of sp³-hybridized carbons (Fsp3) is 0.0909. The molecule has 0 spiro atoms. The average Bonchev–Trinajstić information content (AvgIpc) is 3.17. The number of benzene rings is 3. The number of non-ortho nitro benzene ring substituents is 1. The highest BCUT2D eigenvalue weighted by molar-refractivity contribution is 7.21. The van der Waals surface area contributed by atoms with Gasteiger partial charge in [-0.25, -0.2) is 4.98 Å². The predicted octanol–water partition coefficient (Wildman–Crippen LogP) is 5.27. The smallest absolute Gasteiger partial charge is 0.279 e. The quantitative estimate of drug-likeness (QED) is 0.316. The molecule has 0 atom stereocenters. The maximum atomic E-state index is 12.4. The summed E-state index contributed by atoms with van der Waals surface area (Å²) in [6.07, 6.45) is -0.284. The summed E-state index contributed by atoms with van der Waals surface area (Å²) in [5, 5.41) is 25.6. The maximum Gasteiger partial charge on any atom is 0.279 e.